The van der Waals surface area contributed by atoms with Gasteiger partial charge in [0, 0.05) is 46.0 Å². The van der Waals surface area contributed by atoms with E-state index in [4.69, 9.17) is 0 Å². The van der Waals surface area contributed by atoms with Gasteiger partial charge in [-0.25, -0.2) is 13.2 Å². The predicted molar refractivity (Wildman–Crippen MR) is 80.3 cm³/mol. The van der Waals surface area contributed by atoms with Crippen LogP contribution in [0.25, 0.3) is 0 Å². The van der Waals surface area contributed by atoms with Crippen LogP contribution >= 0.6 is 0 Å². The predicted octanol–water partition coefficient (Wildman–Crippen LogP) is -1.45. The monoisotopic (exact) mass is 328 g/mol. The van der Waals surface area contributed by atoms with E-state index < -0.39 is 21.3 Å². The zero-order valence-electron chi connectivity index (χ0n) is 12.7. The second-order valence-corrected chi connectivity index (χ2v) is 7.85. The van der Waals surface area contributed by atoms with Crippen LogP contribution in [0.2, 0.25) is 0 Å². The van der Waals surface area contributed by atoms with Gasteiger partial charge in [-0.3, -0.25) is 14.3 Å². The lowest BCUT2D eigenvalue weighted by Gasteiger charge is -2.36. The minimum absolute atomic E-state index is 0.236. The lowest BCUT2D eigenvalue weighted by Crippen LogP contribution is -2.53. The van der Waals surface area contributed by atoms with Crippen molar-refractivity contribution in [3.63, 3.8) is 0 Å². The first kappa shape index (κ1) is 15.4. The Balaban J connectivity index is 2.00. The second-order valence-electron chi connectivity index (χ2n) is 5.95. The van der Waals surface area contributed by atoms with Crippen molar-refractivity contribution in [3.05, 3.63) is 27.0 Å². The molecule has 2 aliphatic heterocycles. The van der Waals surface area contributed by atoms with Crippen LogP contribution in [0.4, 0.5) is 0 Å². The molecule has 2 fully saturated rings. The maximum Gasteiger partial charge on any atom is 0.330 e. The molecule has 22 heavy (non-hydrogen) atoms. The van der Waals surface area contributed by atoms with E-state index in [0.29, 0.717) is 19.6 Å². The Hall–Kier alpha value is -1.45. The van der Waals surface area contributed by atoms with Crippen LogP contribution in [0.15, 0.2) is 20.7 Å². The van der Waals surface area contributed by atoms with Crippen LogP contribution in [0.5, 0.6) is 0 Å². The Bertz CT molecular complexity index is 810. The Morgan fingerprint density at radius 1 is 1.14 bits per heavy atom. The summed E-state index contributed by atoms with van der Waals surface area (Å²) < 4.78 is 28.9. The van der Waals surface area contributed by atoms with Crippen LogP contribution < -0.4 is 11.2 Å². The van der Waals surface area contributed by atoms with E-state index in [1.165, 1.54) is 18.4 Å². The Morgan fingerprint density at radius 2 is 1.86 bits per heavy atom. The minimum atomic E-state index is -3.88. The van der Waals surface area contributed by atoms with E-state index in [-0.39, 0.29) is 10.9 Å². The van der Waals surface area contributed by atoms with Crippen molar-refractivity contribution in [2.45, 2.75) is 23.8 Å². The molecule has 0 aromatic carbocycles. The van der Waals surface area contributed by atoms with Gasteiger partial charge in [0.25, 0.3) is 5.56 Å². The SMILES string of the molecule is Cn1cc(S(=O)(=O)N2CCN3CCC[C@H]3C2)c(=O)n(C)c1=O. The fraction of sp³-hybridized carbons (Fsp3) is 0.692. The number of piperazine rings is 1. The molecular formula is C13H20N4O4S. The van der Waals surface area contributed by atoms with Crippen molar-refractivity contribution >= 4 is 10.0 Å². The number of hydrogen-bond acceptors (Lipinski definition) is 5. The summed E-state index contributed by atoms with van der Waals surface area (Å²) in [5, 5.41) is 0. The zero-order chi connectivity index (χ0) is 16.1. The molecule has 1 aromatic heterocycles. The second kappa shape index (κ2) is 5.32. The van der Waals surface area contributed by atoms with Crippen molar-refractivity contribution in [1.29, 1.82) is 0 Å². The molecule has 8 nitrogen and oxygen atoms in total. The molecule has 0 bridgehead atoms. The molecule has 0 N–H and O–H groups in total. The van der Waals surface area contributed by atoms with E-state index in [0.717, 1.165) is 34.7 Å². The van der Waals surface area contributed by atoms with Gasteiger partial charge in [-0.2, -0.15) is 4.31 Å². The number of hydrogen-bond donors (Lipinski definition) is 0. The van der Waals surface area contributed by atoms with Crippen LogP contribution in [-0.2, 0) is 24.1 Å². The van der Waals surface area contributed by atoms with Crippen LogP contribution in [-0.4, -0.2) is 59.0 Å². The van der Waals surface area contributed by atoms with Gasteiger partial charge in [0.05, 0.1) is 0 Å². The summed E-state index contributed by atoms with van der Waals surface area (Å²) in [6.45, 7) is 2.50. The molecule has 0 aliphatic carbocycles. The van der Waals surface area contributed by atoms with E-state index >= 15 is 0 Å². The summed E-state index contributed by atoms with van der Waals surface area (Å²) in [4.78, 5) is 25.9. The van der Waals surface area contributed by atoms with Crippen molar-refractivity contribution in [3.8, 4) is 0 Å². The number of fused-ring (bicyclic) bond motifs is 1. The third-order valence-electron chi connectivity index (χ3n) is 4.58. The molecule has 3 heterocycles. The molecule has 0 spiro atoms. The standard InChI is InChI=1S/C13H20N4O4S/c1-14-9-11(12(18)15(2)13(14)19)22(20,21)17-7-6-16-5-3-4-10(16)8-17/h9-10H,3-8H2,1-2H3/t10-/m0/s1. The van der Waals surface area contributed by atoms with Crippen molar-refractivity contribution in [1.82, 2.24) is 18.3 Å². The normalized spacial score (nSPS) is 23.6. The lowest BCUT2D eigenvalue weighted by molar-refractivity contribution is 0.158. The van der Waals surface area contributed by atoms with Gasteiger partial charge in [0.2, 0.25) is 10.0 Å². The minimum Gasteiger partial charge on any atom is -0.302 e. The first-order valence-corrected chi connectivity index (χ1v) is 8.77. The molecule has 3 rings (SSSR count). The van der Waals surface area contributed by atoms with E-state index in [2.05, 4.69) is 4.90 Å². The fourth-order valence-corrected chi connectivity index (χ4v) is 4.89. The number of rotatable bonds is 2. The summed E-state index contributed by atoms with van der Waals surface area (Å²) >= 11 is 0. The van der Waals surface area contributed by atoms with Crippen LogP contribution in [0.3, 0.4) is 0 Å². The highest BCUT2D eigenvalue weighted by atomic mass is 32.2. The Kier molecular flexibility index (Phi) is 3.74. The third kappa shape index (κ3) is 2.33. The molecule has 0 unspecified atom stereocenters. The molecule has 2 aliphatic rings. The largest absolute Gasteiger partial charge is 0.330 e. The summed E-state index contributed by atoms with van der Waals surface area (Å²) in [6, 6.07) is 0.236. The first-order valence-electron chi connectivity index (χ1n) is 7.33. The van der Waals surface area contributed by atoms with Crippen molar-refractivity contribution < 1.29 is 8.42 Å². The fourth-order valence-electron chi connectivity index (χ4n) is 3.27. The molecule has 0 amide bonds. The molecule has 1 aromatic rings. The van der Waals surface area contributed by atoms with Crippen molar-refractivity contribution in [2.75, 3.05) is 26.2 Å². The van der Waals surface area contributed by atoms with E-state index in [9.17, 15) is 18.0 Å². The van der Waals surface area contributed by atoms with Gasteiger partial charge in [-0.1, -0.05) is 0 Å². The maximum atomic E-state index is 12.8. The van der Waals surface area contributed by atoms with Gasteiger partial charge in [-0.05, 0) is 19.4 Å². The summed E-state index contributed by atoms with van der Waals surface area (Å²) in [7, 11) is -1.15. The molecule has 2 saturated heterocycles. The van der Waals surface area contributed by atoms with E-state index in [1.807, 2.05) is 0 Å². The zero-order valence-corrected chi connectivity index (χ0v) is 13.5. The molecule has 9 heteroatoms. The highest BCUT2D eigenvalue weighted by Gasteiger charge is 2.37. The average molecular weight is 328 g/mol. The highest BCUT2D eigenvalue weighted by molar-refractivity contribution is 7.89. The summed E-state index contributed by atoms with van der Waals surface area (Å²) in [5.41, 5.74) is -1.30. The highest BCUT2D eigenvalue weighted by Crippen LogP contribution is 2.24. The van der Waals surface area contributed by atoms with Gasteiger partial charge in [0.15, 0.2) is 4.90 Å². The lowest BCUT2D eigenvalue weighted by atomic mass is 10.2. The van der Waals surface area contributed by atoms with Gasteiger partial charge >= 0.3 is 5.69 Å². The van der Waals surface area contributed by atoms with Crippen LogP contribution in [0, 0.1) is 0 Å². The molecule has 0 saturated carbocycles. The van der Waals surface area contributed by atoms with E-state index in [1.54, 1.807) is 0 Å². The quantitative estimate of drug-likeness (QED) is 0.663. The average Bonchev–Trinajstić information content (AvgIpc) is 2.96. The topological polar surface area (TPSA) is 84.6 Å². The molecule has 1 atom stereocenters. The van der Waals surface area contributed by atoms with Gasteiger partial charge < -0.3 is 4.57 Å². The van der Waals surface area contributed by atoms with Gasteiger partial charge in [-0.15, -0.1) is 0 Å². The summed E-state index contributed by atoms with van der Waals surface area (Å²) in [6.07, 6.45) is 3.19. The molecule has 122 valence electrons. The van der Waals surface area contributed by atoms with Crippen LogP contribution in [0.1, 0.15) is 12.8 Å². The van der Waals surface area contributed by atoms with Gasteiger partial charge in [0.1, 0.15) is 0 Å². The smallest absolute Gasteiger partial charge is 0.302 e. The summed E-state index contributed by atoms with van der Waals surface area (Å²) in [5.74, 6) is 0. The first-order chi connectivity index (χ1) is 10.3. The number of aromatic nitrogens is 2. The third-order valence-corrected chi connectivity index (χ3v) is 6.43. The molecular weight excluding hydrogens is 308 g/mol. The number of aryl methyl sites for hydroxylation is 1. The Morgan fingerprint density at radius 3 is 2.59 bits per heavy atom. The molecule has 0 radical (unpaired) electrons. The Labute approximate surface area is 128 Å². The van der Waals surface area contributed by atoms with Crippen molar-refractivity contribution in [2.24, 2.45) is 14.1 Å². The number of sulfonamides is 1. The maximum absolute atomic E-state index is 12.8. The number of nitrogens with zero attached hydrogens (tertiary/aromatic N) is 4.